The van der Waals surface area contributed by atoms with Crippen LogP contribution in [-0.4, -0.2) is 40.1 Å². The molecule has 1 atom stereocenters. The molecule has 1 saturated heterocycles. The summed E-state index contributed by atoms with van der Waals surface area (Å²) in [6.45, 7) is 1.24. The van der Waals surface area contributed by atoms with E-state index in [2.05, 4.69) is 22.5 Å². The Morgan fingerprint density at radius 2 is 2.16 bits per heavy atom. The second-order valence-electron chi connectivity index (χ2n) is 6.27. The summed E-state index contributed by atoms with van der Waals surface area (Å²) < 4.78 is 0. The molecule has 1 aromatic heterocycles. The topological polar surface area (TPSA) is 99.8 Å². The van der Waals surface area contributed by atoms with Crippen LogP contribution in [0.15, 0.2) is 24.4 Å². The second-order valence-corrected chi connectivity index (χ2v) is 6.27. The molecule has 1 aromatic carbocycles. The summed E-state index contributed by atoms with van der Waals surface area (Å²) in [4.78, 5) is 16.3. The number of hydrogen-bond acceptors (Lipinski definition) is 5. The van der Waals surface area contributed by atoms with Gasteiger partial charge in [0, 0.05) is 24.3 Å². The average molecular weight is 332 g/mol. The highest BCUT2D eigenvalue weighted by Gasteiger charge is 2.36. The lowest BCUT2D eigenvalue weighted by molar-refractivity contribution is -0.121. The first-order valence-electron chi connectivity index (χ1n) is 8.28. The van der Waals surface area contributed by atoms with E-state index in [4.69, 9.17) is 0 Å². The van der Waals surface area contributed by atoms with E-state index < -0.39 is 0 Å². The van der Waals surface area contributed by atoms with Crippen LogP contribution in [0.1, 0.15) is 24.1 Å². The van der Waals surface area contributed by atoms with Gasteiger partial charge < -0.3 is 4.90 Å². The number of amides is 1. The molecule has 1 unspecified atom stereocenters. The predicted molar refractivity (Wildman–Crippen MR) is 90.1 cm³/mol. The van der Waals surface area contributed by atoms with Crippen molar-refractivity contribution in [2.75, 3.05) is 18.0 Å². The predicted octanol–water partition coefficient (Wildman–Crippen LogP) is 1.78. The van der Waals surface area contributed by atoms with Crippen LogP contribution in [0.3, 0.4) is 0 Å². The Morgan fingerprint density at radius 1 is 1.28 bits per heavy atom. The fraction of sp³-hybridized carbons (Fsp3) is 0.333. The van der Waals surface area contributed by atoms with Crippen LogP contribution in [0.25, 0.3) is 11.1 Å². The molecule has 0 aliphatic carbocycles. The first kappa shape index (κ1) is 15.2. The monoisotopic (exact) mass is 332 g/mol. The van der Waals surface area contributed by atoms with Crippen LogP contribution in [0.5, 0.6) is 0 Å². The molecule has 4 rings (SSSR count). The van der Waals surface area contributed by atoms with Gasteiger partial charge in [0.15, 0.2) is 6.19 Å². The molecule has 25 heavy (non-hydrogen) atoms. The molecule has 7 heteroatoms. The minimum Gasteiger partial charge on any atom is -0.310 e. The van der Waals surface area contributed by atoms with Crippen LogP contribution < -0.4 is 4.90 Å². The molecule has 124 valence electrons. The quantitative estimate of drug-likeness (QED) is 0.845. The van der Waals surface area contributed by atoms with Crippen molar-refractivity contribution in [3.05, 3.63) is 35.7 Å². The Kier molecular flexibility index (Phi) is 3.62. The standard InChI is InChI=1S/C18H16N6O/c19-9-15-14(10-21-22-15)12-3-1-4-16-13(12)6-8-24(16)18(25)17-5-2-7-23(17)11-20/h1,3-4,10,17H,2,5-8H2,(H,21,22). The minimum atomic E-state index is -0.358. The van der Waals surface area contributed by atoms with E-state index in [-0.39, 0.29) is 11.9 Å². The Labute approximate surface area is 145 Å². The van der Waals surface area contributed by atoms with Crippen LogP contribution >= 0.6 is 0 Å². The number of benzene rings is 1. The van der Waals surface area contributed by atoms with Gasteiger partial charge in [0.2, 0.25) is 5.91 Å². The Morgan fingerprint density at radius 3 is 2.96 bits per heavy atom. The van der Waals surface area contributed by atoms with Gasteiger partial charge in [0.05, 0.1) is 6.20 Å². The first-order chi connectivity index (χ1) is 12.2. The molecule has 3 heterocycles. The van der Waals surface area contributed by atoms with Crippen molar-refractivity contribution < 1.29 is 4.79 Å². The number of H-pyrrole nitrogens is 1. The second kappa shape index (κ2) is 5.95. The summed E-state index contributed by atoms with van der Waals surface area (Å²) in [6.07, 6.45) is 6.09. The molecular weight excluding hydrogens is 316 g/mol. The summed E-state index contributed by atoms with van der Waals surface area (Å²) in [5.74, 6) is -0.0114. The largest absolute Gasteiger partial charge is 0.310 e. The Balaban J connectivity index is 1.71. The van der Waals surface area contributed by atoms with Crippen molar-refractivity contribution in [3.63, 3.8) is 0 Å². The fourth-order valence-corrected chi connectivity index (χ4v) is 3.81. The molecule has 0 bridgehead atoms. The number of carbonyl (C=O) groups excluding carboxylic acids is 1. The maximum absolute atomic E-state index is 13.0. The van der Waals surface area contributed by atoms with E-state index in [0.29, 0.717) is 18.8 Å². The van der Waals surface area contributed by atoms with Crippen LogP contribution in [0.4, 0.5) is 5.69 Å². The summed E-state index contributed by atoms with van der Waals surface area (Å²) in [7, 11) is 0. The molecular formula is C18H16N6O. The van der Waals surface area contributed by atoms with Crippen molar-refractivity contribution >= 4 is 11.6 Å². The van der Waals surface area contributed by atoms with Crippen molar-refractivity contribution in [2.45, 2.75) is 25.3 Å². The van der Waals surface area contributed by atoms with E-state index >= 15 is 0 Å². The summed E-state index contributed by atoms with van der Waals surface area (Å²) >= 11 is 0. The molecule has 1 N–H and O–H groups in total. The highest BCUT2D eigenvalue weighted by Crippen LogP contribution is 2.37. The number of likely N-dealkylation sites (tertiary alicyclic amines) is 1. The highest BCUT2D eigenvalue weighted by atomic mass is 16.2. The summed E-state index contributed by atoms with van der Waals surface area (Å²) in [5.41, 5.74) is 4.03. The maximum atomic E-state index is 13.0. The first-order valence-corrected chi connectivity index (χ1v) is 8.28. The number of aromatic amines is 1. The van der Waals surface area contributed by atoms with Gasteiger partial charge in [-0.25, -0.2) is 0 Å². The van der Waals surface area contributed by atoms with Gasteiger partial charge in [-0.3, -0.25) is 14.8 Å². The molecule has 2 aliphatic heterocycles. The van der Waals surface area contributed by atoms with E-state index in [1.54, 1.807) is 16.0 Å². The van der Waals surface area contributed by atoms with E-state index in [0.717, 1.165) is 41.6 Å². The minimum absolute atomic E-state index is 0.0114. The van der Waals surface area contributed by atoms with Gasteiger partial charge in [-0.15, -0.1) is 0 Å². The van der Waals surface area contributed by atoms with E-state index in [1.807, 2.05) is 18.2 Å². The lowest BCUT2D eigenvalue weighted by Crippen LogP contribution is -2.43. The lowest BCUT2D eigenvalue weighted by Gasteiger charge is -2.25. The van der Waals surface area contributed by atoms with Gasteiger partial charge in [-0.2, -0.15) is 15.6 Å². The zero-order chi connectivity index (χ0) is 17.4. The van der Waals surface area contributed by atoms with Gasteiger partial charge in [-0.05, 0) is 36.5 Å². The van der Waals surface area contributed by atoms with Gasteiger partial charge >= 0.3 is 0 Å². The number of aromatic nitrogens is 2. The van der Waals surface area contributed by atoms with Crippen molar-refractivity contribution in [1.82, 2.24) is 15.1 Å². The zero-order valence-corrected chi connectivity index (χ0v) is 13.6. The highest BCUT2D eigenvalue weighted by molar-refractivity contribution is 6.00. The SMILES string of the molecule is N#Cc1[nH]ncc1-c1cccc2c1CCN2C(=O)C1CCCN1C#N. The smallest absolute Gasteiger partial charge is 0.250 e. The molecule has 1 amide bonds. The van der Waals surface area contributed by atoms with Crippen LogP contribution in [-0.2, 0) is 11.2 Å². The molecule has 7 nitrogen and oxygen atoms in total. The van der Waals surface area contributed by atoms with Gasteiger partial charge in [-0.1, -0.05) is 12.1 Å². The zero-order valence-electron chi connectivity index (χ0n) is 13.6. The number of carbonyl (C=O) groups is 1. The Hall–Kier alpha value is -3.32. The molecule has 2 aromatic rings. The summed E-state index contributed by atoms with van der Waals surface area (Å²) in [6, 6.07) is 7.54. The van der Waals surface area contributed by atoms with Crippen molar-refractivity contribution in [1.29, 1.82) is 10.5 Å². The number of nitrogens with one attached hydrogen (secondary N) is 1. The third-order valence-electron chi connectivity index (χ3n) is 5.00. The Bertz CT molecular complexity index is 918. The third-order valence-corrected chi connectivity index (χ3v) is 5.00. The third kappa shape index (κ3) is 2.33. The van der Waals surface area contributed by atoms with E-state index in [9.17, 15) is 15.3 Å². The molecule has 2 aliphatic rings. The van der Waals surface area contributed by atoms with Crippen LogP contribution in [0.2, 0.25) is 0 Å². The number of rotatable bonds is 2. The molecule has 0 saturated carbocycles. The number of hydrogen-bond donors (Lipinski definition) is 1. The number of nitrogens with zero attached hydrogens (tertiary/aromatic N) is 5. The number of anilines is 1. The summed E-state index contributed by atoms with van der Waals surface area (Å²) in [5, 5.41) is 25.1. The molecule has 0 radical (unpaired) electrons. The van der Waals surface area contributed by atoms with Crippen LogP contribution in [0, 0.1) is 22.8 Å². The van der Waals surface area contributed by atoms with Crippen molar-refractivity contribution in [2.24, 2.45) is 0 Å². The fourth-order valence-electron chi connectivity index (χ4n) is 3.81. The van der Waals surface area contributed by atoms with Gasteiger partial charge in [0.25, 0.3) is 0 Å². The number of nitriles is 2. The average Bonchev–Trinajstić information content (AvgIpc) is 3.38. The van der Waals surface area contributed by atoms with Gasteiger partial charge in [0.1, 0.15) is 17.8 Å². The lowest BCUT2D eigenvalue weighted by atomic mass is 9.98. The maximum Gasteiger partial charge on any atom is 0.250 e. The van der Waals surface area contributed by atoms with Crippen molar-refractivity contribution in [3.8, 4) is 23.4 Å². The number of fused-ring (bicyclic) bond motifs is 1. The van der Waals surface area contributed by atoms with E-state index in [1.165, 1.54) is 0 Å². The molecule has 1 fully saturated rings. The normalized spacial score (nSPS) is 18.7. The molecule has 0 spiro atoms.